The Morgan fingerprint density at radius 3 is 2.65 bits per heavy atom. The lowest BCUT2D eigenvalue weighted by molar-refractivity contribution is -0.124. The molecule has 1 N–H and O–H groups in total. The molecule has 0 radical (unpaired) electrons. The summed E-state index contributed by atoms with van der Waals surface area (Å²) in [7, 11) is 0. The molecule has 1 heterocycles. The van der Waals surface area contributed by atoms with Gasteiger partial charge in [0.05, 0.1) is 0 Å². The topological polar surface area (TPSA) is 46.5 Å². The summed E-state index contributed by atoms with van der Waals surface area (Å²) in [5.74, 6) is 1.82. The number of carbonyl (C=O) groups is 1. The second-order valence-electron chi connectivity index (χ2n) is 8.74. The molecule has 0 saturated heterocycles. The van der Waals surface area contributed by atoms with E-state index in [1.807, 2.05) is 6.07 Å². The highest BCUT2D eigenvalue weighted by atomic mass is 16.5. The number of rotatable bonds is 7. The predicted molar refractivity (Wildman–Crippen MR) is 105 cm³/mol. The van der Waals surface area contributed by atoms with Crippen molar-refractivity contribution in [2.45, 2.75) is 96.5 Å². The van der Waals surface area contributed by atoms with Gasteiger partial charge in [0.2, 0.25) is 0 Å². The maximum Gasteiger partial charge on any atom is 0.133 e. The number of phenols is 1. The summed E-state index contributed by atoms with van der Waals surface area (Å²) in [5.41, 5.74) is 1.73. The molecule has 0 amide bonds. The molecule has 3 nitrogen and oxygen atoms in total. The van der Waals surface area contributed by atoms with E-state index >= 15 is 0 Å². The number of ether oxygens (including phenoxy) is 1. The molecule has 0 aromatic heterocycles. The molecule has 144 valence electrons. The summed E-state index contributed by atoms with van der Waals surface area (Å²) in [6.45, 7) is 6.49. The summed E-state index contributed by atoms with van der Waals surface area (Å²) in [6, 6.07) is 4.01. The molecular formula is C23H34O3. The Morgan fingerprint density at radius 1 is 1.15 bits per heavy atom. The van der Waals surface area contributed by atoms with Crippen LogP contribution in [0.1, 0.15) is 95.6 Å². The van der Waals surface area contributed by atoms with Gasteiger partial charge in [0.25, 0.3) is 0 Å². The number of Topliss-reactive ketones (excluding diaryl/α,β-unsaturated/α-hetero) is 1. The van der Waals surface area contributed by atoms with Gasteiger partial charge in [-0.05, 0) is 50.8 Å². The van der Waals surface area contributed by atoms with Crippen LogP contribution >= 0.6 is 0 Å². The molecule has 0 spiro atoms. The molecule has 2 aliphatic rings. The molecule has 1 saturated carbocycles. The third-order valence-electron chi connectivity index (χ3n) is 6.30. The number of benzene rings is 1. The summed E-state index contributed by atoms with van der Waals surface area (Å²) in [4.78, 5) is 12.0. The van der Waals surface area contributed by atoms with Gasteiger partial charge in [0.15, 0.2) is 0 Å². The molecule has 1 aliphatic carbocycles. The number of phenolic OH excluding ortho intramolecular Hbond substituents is 1. The Morgan fingerprint density at radius 2 is 1.88 bits per heavy atom. The second-order valence-corrected chi connectivity index (χ2v) is 8.74. The van der Waals surface area contributed by atoms with E-state index in [1.165, 1.54) is 32.1 Å². The zero-order valence-electron chi connectivity index (χ0n) is 16.6. The Kier molecular flexibility index (Phi) is 5.94. The fourth-order valence-corrected chi connectivity index (χ4v) is 4.88. The Hall–Kier alpha value is -1.51. The van der Waals surface area contributed by atoms with E-state index in [1.54, 1.807) is 0 Å². The van der Waals surface area contributed by atoms with Crippen LogP contribution in [0, 0.1) is 5.92 Å². The van der Waals surface area contributed by atoms with Gasteiger partial charge in [0, 0.05) is 30.2 Å². The van der Waals surface area contributed by atoms with Crippen LogP contribution in [0.5, 0.6) is 11.5 Å². The number of unbranched alkanes of at least 4 members (excludes halogenated alkanes) is 5. The number of aromatic hydroxyl groups is 1. The van der Waals surface area contributed by atoms with E-state index in [0.29, 0.717) is 30.3 Å². The largest absolute Gasteiger partial charge is 0.508 e. The monoisotopic (exact) mass is 358 g/mol. The molecule has 3 rings (SSSR count). The van der Waals surface area contributed by atoms with E-state index in [4.69, 9.17) is 4.74 Å². The van der Waals surface area contributed by atoms with Crippen molar-refractivity contribution in [1.29, 1.82) is 0 Å². The highest BCUT2D eigenvalue weighted by Gasteiger charge is 2.47. The van der Waals surface area contributed by atoms with Crippen molar-refractivity contribution in [3.63, 3.8) is 0 Å². The van der Waals surface area contributed by atoms with E-state index in [-0.39, 0.29) is 11.5 Å². The predicted octanol–water partition coefficient (Wildman–Crippen LogP) is 5.92. The van der Waals surface area contributed by atoms with Crippen molar-refractivity contribution < 1.29 is 14.6 Å². The highest BCUT2D eigenvalue weighted by molar-refractivity contribution is 5.81. The summed E-state index contributed by atoms with van der Waals surface area (Å²) in [6.07, 6.45) is 10.6. The fraction of sp³-hybridized carbons (Fsp3) is 0.696. The van der Waals surface area contributed by atoms with Crippen LogP contribution in [0.3, 0.4) is 0 Å². The Bertz CT molecular complexity index is 647. The summed E-state index contributed by atoms with van der Waals surface area (Å²) >= 11 is 0. The first-order chi connectivity index (χ1) is 12.4. The van der Waals surface area contributed by atoms with Crippen molar-refractivity contribution >= 4 is 5.78 Å². The molecule has 1 aliphatic heterocycles. The zero-order chi connectivity index (χ0) is 18.7. The van der Waals surface area contributed by atoms with Crippen LogP contribution in [0.15, 0.2) is 12.1 Å². The SMILES string of the molecule is CCCCCCCCc1cc(O)c2c(c1)OC(C)(C)[C@@H]1CCC(=O)C[C@@H]21. The van der Waals surface area contributed by atoms with Gasteiger partial charge in [-0.2, -0.15) is 0 Å². The van der Waals surface area contributed by atoms with Crippen LogP contribution in [-0.4, -0.2) is 16.5 Å². The normalized spacial score (nSPS) is 23.9. The van der Waals surface area contributed by atoms with Crippen LogP contribution in [-0.2, 0) is 11.2 Å². The van der Waals surface area contributed by atoms with E-state index in [9.17, 15) is 9.90 Å². The lowest BCUT2D eigenvalue weighted by atomic mass is 9.66. The number of hydrogen-bond acceptors (Lipinski definition) is 3. The van der Waals surface area contributed by atoms with Crippen molar-refractivity contribution in [2.75, 3.05) is 0 Å². The van der Waals surface area contributed by atoms with Gasteiger partial charge >= 0.3 is 0 Å². The molecule has 1 aromatic carbocycles. The van der Waals surface area contributed by atoms with Crippen molar-refractivity contribution in [2.24, 2.45) is 5.92 Å². The van der Waals surface area contributed by atoms with Crippen LogP contribution in [0.4, 0.5) is 0 Å². The summed E-state index contributed by atoms with van der Waals surface area (Å²) in [5, 5.41) is 10.7. The standard InChI is InChI=1S/C23H34O3/c1-4-5-6-7-8-9-10-16-13-20(25)22-18-15-17(24)11-12-19(18)23(2,3)26-21(22)14-16/h13-14,18-19,25H,4-12,15H2,1-3H3/t18-,19-/m1/s1. The number of aryl methyl sites for hydroxylation is 1. The summed E-state index contributed by atoms with van der Waals surface area (Å²) < 4.78 is 6.33. The zero-order valence-corrected chi connectivity index (χ0v) is 16.6. The van der Waals surface area contributed by atoms with Gasteiger partial charge < -0.3 is 9.84 Å². The van der Waals surface area contributed by atoms with E-state index in [2.05, 4.69) is 26.8 Å². The molecular weight excluding hydrogens is 324 g/mol. The first kappa shape index (κ1) is 19.3. The minimum atomic E-state index is -0.288. The molecule has 0 unspecified atom stereocenters. The van der Waals surface area contributed by atoms with Gasteiger partial charge in [-0.3, -0.25) is 4.79 Å². The maximum atomic E-state index is 12.0. The van der Waals surface area contributed by atoms with Crippen LogP contribution in [0.25, 0.3) is 0 Å². The van der Waals surface area contributed by atoms with Crippen molar-refractivity contribution in [3.05, 3.63) is 23.3 Å². The maximum absolute atomic E-state index is 12.0. The van der Waals surface area contributed by atoms with Crippen molar-refractivity contribution in [3.8, 4) is 11.5 Å². The van der Waals surface area contributed by atoms with Gasteiger partial charge in [-0.25, -0.2) is 0 Å². The number of hydrogen-bond donors (Lipinski definition) is 1. The highest BCUT2D eigenvalue weighted by Crippen LogP contribution is 2.53. The third-order valence-corrected chi connectivity index (χ3v) is 6.30. The average Bonchev–Trinajstić information content (AvgIpc) is 2.56. The molecule has 2 atom stereocenters. The first-order valence-corrected chi connectivity index (χ1v) is 10.5. The lowest BCUT2D eigenvalue weighted by Gasteiger charge is -2.47. The number of ketones is 1. The third kappa shape index (κ3) is 4.07. The van der Waals surface area contributed by atoms with Crippen LogP contribution < -0.4 is 4.74 Å². The van der Waals surface area contributed by atoms with Gasteiger partial charge in [-0.15, -0.1) is 0 Å². The molecule has 1 fully saturated rings. The van der Waals surface area contributed by atoms with Gasteiger partial charge in [0.1, 0.15) is 22.9 Å². The quantitative estimate of drug-likeness (QED) is 0.615. The van der Waals surface area contributed by atoms with E-state index < -0.39 is 0 Å². The minimum Gasteiger partial charge on any atom is -0.508 e. The second kappa shape index (κ2) is 8.02. The molecule has 3 heteroatoms. The lowest BCUT2D eigenvalue weighted by Crippen LogP contribution is -2.47. The average molecular weight is 359 g/mol. The Balaban J connectivity index is 1.74. The van der Waals surface area contributed by atoms with Gasteiger partial charge in [-0.1, -0.05) is 39.0 Å². The van der Waals surface area contributed by atoms with E-state index in [0.717, 1.165) is 36.1 Å². The minimum absolute atomic E-state index is 0.0955. The first-order valence-electron chi connectivity index (χ1n) is 10.5. The molecule has 1 aromatic rings. The van der Waals surface area contributed by atoms with Crippen LogP contribution in [0.2, 0.25) is 0 Å². The molecule has 26 heavy (non-hydrogen) atoms. The number of carbonyl (C=O) groups excluding carboxylic acids is 1. The molecule has 0 bridgehead atoms. The Labute approximate surface area is 158 Å². The fourth-order valence-electron chi connectivity index (χ4n) is 4.88. The smallest absolute Gasteiger partial charge is 0.133 e. The number of fused-ring (bicyclic) bond motifs is 3. The van der Waals surface area contributed by atoms with Crippen molar-refractivity contribution in [1.82, 2.24) is 0 Å².